The molecule has 1 heterocycles. The summed E-state index contributed by atoms with van der Waals surface area (Å²) < 4.78 is 26.8. The minimum atomic E-state index is -3.49. The fourth-order valence-electron chi connectivity index (χ4n) is 2.75. The van der Waals surface area contributed by atoms with E-state index in [1.807, 2.05) is 61.5 Å². The van der Waals surface area contributed by atoms with Gasteiger partial charge in [0.05, 0.1) is 16.8 Å². The lowest BCUT2D eigenvalue weighted by atomic mass is 10.1. The van der Waals surface area contributed by atoms with Gasteiger partial charge in [0.15, 0.2) is 0 Å². The molecule has 0 aliphatic heterocycles. The average Bonchev–Trinajstić information content (AvgIpc) is 2.66. The number of aromatic nitrogens is 1. The zero-order valence-corrected chi connectivity index (χ0v) is 15.8. The van der Waals surface area contributed by atoms with E-state index in [4.69, 9.17) is 0 Å². The molecule has 0 radical (unpaired) electrons. The third-order valence-electron chi connectivity index (χ3n) is 4.08. The molecule has 140 valence electrons. The number of rotatable bonds is 7. The van der Waals surface area contributed by atoms with Crippen LogP contribution in [0.1, 0.15) is 21.6 Å². The van der Waals surface area contributed by atoms with Crippen LogP contribution < -0.4 is 10.0 Å². The molecule has 0 bridgehead atoms. The van der Waals surface area contributed by atoms with Crippen LogP contribution in [0.5, 0.6) is 0 Å². The molecule has 0 saturated heterocycles. The summed E-state index contributed by atoms with van der Waals surface area (Å²) in [6.45, 7) is 2.07. The molecule has 6 nitrogen and oxygen atoms in total. The summed E-state index contributed by atoms with van der Waals surface area (Å²) in [5.74, 6) is -0.497. The lowest BCUT2D eigenvalue weighted by Gasteiger charge is -2.10. The number of hydrogen-bond donors (Lipinski definition) is 2. The van der Waals surface area contributed by atoms with Gasteiger partial charge in [-0.2, -0.15) is 0 Å². The Morgan fingerprint density at radius 3 is 2.52 bits per heavy atom. The standard InChI is InChI=1S/C20H21N3O3S/c1-15-13-18(17-9-5-6-10-19(17)23-15)20(24)21-11-12-27(25,26)22-14-16-7-3-2-4-8-16/h2-10,13,22H,11-12,14H2,1H3,(H,21,24). The smallest absolute Gasteiger partial charge is 0.252 e. The van der Waals surface area contributed by atoms with Crippen LogP contribution in [0, 0.1) is 6.92 Å². The van der Waals surface area contributed by atoms with E-state index < -0.39 is 10.0 Å². The van der Waals surface area contributed by atoms with Crippen molar-refractivity contribution in [1.29, 1.82) is 0 Å². The van der Waals surface area contributed by atoms with Crippen molar-refractivity contribution in [3.63, 3.8) is 0 Å². The zero-order valence-electron chi connectivity index (χ0n) is 15.0. The second-order valence-corrected chi connectivity index (χ2v) is 8.14. The normalized spacial score (nSPS) is 11.4. The summed E-state index contributed by atoms with van der Waals surface area (Å²) in [7, 11) is -3.49. The van der Waals surface area contributed by atoms with Gasteiger partial charge in [-0.05, 0) is 24.6 Å². The van der Waals surface area contributed by atoms with Gasteiger partial charge in [-0.1, -0.05) is 48.5 Å². The number of benzene rings is 2. The van der Waals surface area contributed by atoms with E-state index in [-0.39, 0.29) is 24.7 Å². The first-order valence-corrected chi connectivity index (χ1v) is 10.3. The Labute approximate surface area is 158 Å². The summed E-state index contributed by atoms with van der Waals surface area (Å²) in [5.41, 5.74) is 2.84. The number of sulfonamides is 1. The van der Waals surface area contributed by atoms with Crippen LogP contribution in [0.4, 0.5) is 0 Å². The first kappa shape index (κ1) is 19.0. The summed E-state index contributed by atoms with van der Waals surface area (Å²) >= 11 is 0. The Morgan fingerprint density at radius 2 is 1.74 bits per heavy atom. The summed E-state index contributed by atoms with van der Waals surface area (Å²) in [6, 6.07) is 18.4. The highest BCUT2D eigenvalue weighted by Gasteiger charge is 2.14. The predicted octanol–water partition coefficient (Wildman–Crippen LogP) is 2.39. The average molecular weight is 383 g/mol. The predicted molar refractivity (Wildman–Crippen MR) is 106 cm³/mol. The first-order chi connectivity index (χ1) is 12.9. The second-order valence-electron chi connectivity index (χ2n) is 6.21. The number of hydrogen-bond acceptors (Lipinski definition) is 4. The molecule has 0 atom stereocenters. The van der Waals surface area contributed by atoms with Gasteiger partial charge in [-0.15, -0.1) is 0 Å². The van der Waals surface area contributed by atoms with E-state index in [0.717, 1.165) is 22.2 Å². The highest BCUT2D eigenvalue weighted by atomic mass is 32.2. The molecule has 3 aromatic rings. The molecule has 0 saturated carbocycles. The van der Waals surface area contributed by atoms with Gasteiger partial charge >= 0.3 is 0 Å². The van der Waals surface area contributed by atoms with E-state index >= 15 is 0 Å². The molecule has 2 aromatic carbocycles. The third-order valence-corrected chi connectivity index (χ3v) is 5.41. The molecule has 0 unspecified atom stereocenters. The number of para-hydroxylation sites is 1. The Balaban J connectivity index is 1.59. The van der Waals surface area contributed by atoms with E-state index in [1.54, 1.807) is 6.07 Å². The quantitative estimate of drug-likeness (QED) is 0.656. The number of carbonyl (C=O) groups is 1. The van der Waals surface area contributed by atoms with E-state index in [0.29, 0.717) is 5.56 Å². The van der Waals surface area contributed by atoms with Crippen LogP contribution in [0.15, 0.2) is 60.7 Å². The largest absolute Gasteiger partial charge is 0.351 e. The molecule has 0 aliphatic rings. The van der Waals surface area contributed by atoms with Gasteiger partial charge < -0.3 is 5.32 Å². The molecule has 1 amide bonds. The minimum absolute atomic E-state index is 0.0264. The topological polar surface area (TPSA) is 88.2 Å². The summed E-state index contributed by atoms with van der Waals surface area (Å²) in [6.07, 6.45) is 0. The Morgan fingerprint density at radius 1 is 1.04 bits per heavy atom. The third kappa shape index (κ3) is 5.12. The van der Waals surface area contributed by atoms with Crippen LogP contribution in [0.25, 0.3) is 10.9 Å². The SMILES string of the molecule is Cc1cc(C(=O)NCCS(=O)(=O)NCc2ccccc2)c2ccccc2n1. The number of fused-ring (bicyclic) bond motifs is 1. The van der Waals surface area contributed by atoms with Crippen molar-refractivity contribution >= 4 is 26.8 Å². The maximum absolute atomic E-state index is 12.5. The van der Waals surface area contributed by atoms with Gasteiger partial charge in [-0.3, -0.25) is 9.78 Å². The number of amides is 1. The molecule has 1 aromatic heterocycles. The van der Waals surface area contributed by atoms with Crippen molar-refractivity contribution in [3.05, 3.63) is 77.5 Å². The number of nitrogens with one attached hydrogen (secondary N) is 2. The zero-order chi connectivity index (χ0) is 19.3. The Kier molecular flexibility index (Phi) is 5.83. The minimum Gasteiger partial charge on any atom is -0.351 e. The number of nitrogens with zero attached hydrogens (tertiary/aromatic N) is 1. The van der Waals surface area contributed by atoms with E-state index in [9.17, 15) is 13.2 Å². The van der Waals surface area contributed by atoms with Gasteiger partial charge in [0.2, 0.25) is 10.0 Å². The molecular formula is C20H21N3O3S. The van der Waals surface area contributed by atoms with Crippen molar-refractivity contribution < 1.29 is 13.2 Å². The molecule has 0 spiro atoms. The molecule has 2 N–H and O–H groups in total. The fourth-order valence-corrected chi connectivity index (χ4v) is 3.65. The first-order valence-electron chi connectivity index (χ1n) is 8.60. The van der Waals surface area contributed by atoms with Gasteiger partial charge in [0.25, 0.3) is 5.91 Å². The number of pyridine rings is 1. The number of carbonyl (C=O) groups excluding carboxylic acids is 1. The highest BCUT2D eigenvalue weighted by molar-refractivity contribution is 7.89. The van der Waals surface area contributed by atoms with E-state index in [2.05, 4.69) is 15.0 Å². The summed E-state index contributed by atoms with van der Waals surface area (Å²) in [4.78, 5) is 16.9. The van der Waals surface area contributed by atoms with Gasteiger partial charge in [-0.25, -0.2) is 13.1 Å². The molecule has 3 rings (SSSR count). The lowest BCUT2D eigenvalue weighted by Crippen LogP contribution is -2.34. The number of aryl methyl sites for hydroxylation is 1. The second kappa shape index (κ2) is 8.28. The Hall–Kier alpha value is -2.77. The molecule has 7 heteroatoms. The van der Waals surface area contributed by atoms with Crippen molar-refractivity contribution in [3.8, 4) is 0 Å². The van der Waals surface area contributed by atoms with Crippen molar-refractivity contribution in [2.75, 3.05) is 12.3 Å². The van der Waals surface area contributed by atoms with Crippen LogP contribution >= 0.6 is 0 Å². The van der Waals surface area contributed by atoms with Gasteiger partial charge in [0.1, 0.15) is 0 Å². The monoisotopic (exact) mass is 383 g/mol. The van der Waals surface area contributed by atoms with E-state index in [1.165, 1.54) is 0 Å². The maximum atomic E-state index is 12.5. The lowest BCUT2D eigenvalue weighted by molar-refractivity contribution is 0.0957. The Bertz CT molecular complexity index is 1050. The highest BCUT2D eigenvalue weighted by Crippen LogP contribution is 2.18. The molecule has 27 heavy (non-hydrogen) atoms. The molecule has 0 aliphatic carbocycles. The fraction of sp³-hybridized carbons (Fsp3) is 0.200. The van der Waals surface area contributed by atoms with Crippen molar-refractivity contribution in [1.82, 2.24) is 15.0 Å². The van der Waals surface area contributed by atoms with Crippen LogP contribution in [-0.2, 0) is 16.6 Å². The van der Waals surface area contributed by atoms with Crippen LogP contribution in [0.3, 0.4) is 0 Å². The van der Waals surface area contributed by atoms with Crippen molar-refractivity contribution in [2.24, 2.45) is 0 Å². The summed E-state index contributed by atoms with van der Waals surface area (Å²) in [5, 5.41) is 3.43. The van der Waals surface area contributed by atoms with Crippen LogP contribution in [-0.4, -0.2) is 31.6 Å². The van der Waals surface area contributed by atoms with Crippen molar-refractivity contribution in [2.45, 2.75) is 13.5 Å². The molecular weight excluding hydrogens is 362 g/mol. The maximum Gasteiger partial charge on any atom is 0.252 e. The van der Waals surface area contributed by atoms with Gasteiger partial charge in [0, 0.05) is 24.2 Å². The van der Waals surface area contributed by atoms with Crippen LogP contribution in [0.2, 0.25) is 0 Å². The molecule has 0 fully saturated rings.